The highest BCUT2D eigenvalue weighted by atomic mass is 16.2. The van der Waals surface area contributed by atoms with Gasteiger partial charge in [0.05, 0.1) is 12.2 Å². The van der Waals surface area contributed by atoms with Crippen molar-refractivity contribution in [3.8, 4) is 0 Å². The molecule has 19 heavy (non-hydrogen) atoms. The maximum atomic E-state index is 12.3. The summed E-state index contributed by atoms with van der Waals surface area (Å²) in [5.41, 5.74) is 3.78. The van der Waals surface area contributed by atoms with Crippen LogP contribution in [0.2, 0.25) is 0 Å². The lowest BCUT2D eigenvalue weighted by atomic mass is 9.97. The number of amides is 1. The molecule has 0 aliphatic carbocycles. The van der Waals surface area contributed by atoms with Gasteiger partial charge in [-0.3, -0.25) is 9.69 Å². The zero-order chi connectivity index (χ0) is 13.1. The smallest absolute Gasteiger partial charge is 0.241 e. The molecule has 1 aromatic carbocycles. The van der Waals surface area contributed by atoms with Gasteiger partial charge in [0.2, 0.25) is 5.91 Å². The van der Waals surface area contributed by atoms with Crippen molar-refractivity contribution in [2.45, 2.75) is 32.1 Å². The largest absolute Gasteiger partial charge is 0.357 e. The molecule has 1 N–H and O–H groups in total. The molecule has 3 heterocycles. The number of rotatable bonds is 0. The van der Waals surface area contributed by atoms with Gasteiger partial charge in [0.15, 0.2) is 0 Å². The van der Waals surface area contributed by atoms with E-state index in [0.29, 0.717) is 0 Å². The molecule has 4 heteroatoms. The Labute approximate surface area is 112 Å². The standard InChI is InChI=1S/C15H17N3O/c1-9-17(2)15(19)14-7-11-10-5-3-4-6-12(10)16-13(11)8-18(9)14/h3-6,9,14,16H,7-8H2,1-2H3/t9?,14-/m1/s1. The van der Waals surface area contributed by atoms with E-state index in [0.717, 1.165) is 13.0 Å². The average Bonchev–Trinajstić information content (AvgIpc) is 2.89. The summed E-state index contributed by atoms with van der Waals surface area (Å²) in [5, 5.41) is 1.27. The van der Waals surface area contributed by atoms with Gasteiger partial charge in [-0.15, -0.1) is 0 Å². The first-order valence-electron chi connectivity index (χ1n) is 6.77. The number of nitrogens with zero attached hydrogens (tertiary/aromatic N) is 2. The van der Waals surface area contributed by atoms with Crippen molar-refractivity contribution < 1.29 is 4.79 Å². The minimum Gasteiger partial charge on any atom is -0.357 e. The first-order valence-corrected chi connectivity index (χ1v) is 6.77. The third-order valence-corrected chi connectivity index (χ3v) is 4.71. The minimum atomic E-state index is 0.0201. The van der Waals surface area contributed by atoms with Crippen LogP contribution in [0.15, 0.2) is 24.3 Å². The molecular formula is C15H17N3O. The maximum Gasteiger partial charge on any atom is 0.241 e. The Morgan fingerprint density at radius 2 is 2.11 bits per heavy atom. The number of nitrogens with one attached hydrogen (secondary N) is 1. The van der Waals surface area contributed by atoms with Crippen LogP contribution in [0.4, 0.5) is 0 Å². The molecule has 1 unspecified atom stereocenters. The maximum absolute atomic E-state index is 12.3. The van der Waals surface area contributed by atoms with Gasteiger partial charge in [0, 0.05) is 30.2 Å². The van der Waals surface area contributed by atoms with Crippen LogP contribution in [0.1, 0.15) is 18.2 Å². The lowest BCUT2D eigenvalue weighted by molar-refractivity contribution is -0.128. The second-order valence-corrected chi connectivity index (χ2v) is 5.60. The number of hydrogen-bond acceptors (Lipinski definition) is 2. The monoisotopic (exact) mass is 255 g/mol. The van der Waals surface area contributed by atoms with Gasteiger partial charge in [0.1, 0.15) is 0 Å². The van der Waals surface area contributed by atoms with E-state index in [4.69, 9.17) is 0 Å². The highest BCUT2D eigenvalue weighted by molar-refractivity contribution is 5.89. The summed E-state index contributed by atoms with van der Waals surface area (Å²) < 4.78 is 0. The zero-order valence-corrected chi connectivity index (χ0v) is 11.2. The van der Waals surface area contributed by atoms with E-state index in [1.165, 1.54) is 22.2 Å². The Morgan fingerprint density at radius 1 is 1.32 bits per heavy atom. The molecule has 2 atom stereocenters. The first kappa shape index (κ1) is 11.1. The molecule has 2 aliphatic heterocycles. The van der Waals surface area contributed by atoms with Crippen molar-refractivity contribution in [1.82, 2.24) is 14.8 Å². The topological polar surface area (TPSA) is 39.3 Å². The number of carbonyl (C=O) groups is 1. The van der Waals surface area contributed by atoms with Crippen LogP contribution in [-0.4, -0.2) is 39.9 Å². The van der Waals surface area contributed by atoms with Crippen LogP contribution in [0.25, 0.3) is 10.9 Å². The summed E-state index contributed by atoms with van der Waals surface area (Å²) in [6.07, 6.45) is 1.02. The Kier molecular flexibility index (Phi) is 2.10. The third-order valence-electron chi connectivity index (χ3n) is 4.71. The fourth-order valence-electron chi connectivity index (χ4n) is 3.49. The number of carbonyl (C=O) groups excluding carboxylic acids is 1. The van der Waals surface area contributed by atoms with Crippen molar-refractivity contribution in [2.75, 3.05) is 7.05 Å². The summed E-state index contributed by atoms with van der Waals surface area (Å²) >= 11 is 0. The van der Waals surface area contributed by atoms with Crippen LogP contribution < -0.4 is 0 Å². The van der Waals surface area contributed by atoms with Crippen LogP contribution in [0.3, 0.4) is 0 Å². The van der Waals surface area contributed by atoms with E-state index in [9.17, 15) is 4.79 Å². The molecule has 0 spiro atoms. The highest BCUT2D eigenvalue weighted by Crippen LogP contribution is 2.34. The number of aromatic nitrogens is 1. The quantitative estimate of drug-likeness (QED) is 0.778. The lowest BCUT2D eigenvalue weighted by Crippen LogP contribution is -2.41. The second-order valence-electron chi connectivity index (χ2n) is 5.60. The van der Waals surface area contributed by atoms with Gasteiger partial charge >= 0.3 is 0 Å². The number of likely N-dealkylation sites (N-methyl/N-ethyl adjacent to an activating group) is 1. The Morgan fingerprint density at radius 3 is 2.95 bits per heavy atom. The Hall–Kier alpha value is -1.81. The Bertz CT molecular complexity index is 675. The zero-order valence-electron chi connectivity index (χ0n) is 11.2. The number of benzene rings is 1. The van der Waals surface area contributed by atoms with Crippen molar-refractivity contribution in [1.29, 1.82) is 0 Å². The van der Waals surface area contributed by atoms with Crippen LogP contribution in [0, 0.1) is 0 Å². The van der Waals surface area contributed by atoms with Crippen molar-refractivity contribution in [3.05, 3.63) is 35.5 Å². The van der Waals surface area contributed by atoms with Gasteiger partial charge in [-0.05, 0) is 25.0 Å². The average molecular weight is 255 g/mol. The molecule has 1 saturated heterocycles. The molecule has 0 bridgehead atoms. The fourth-order valence-corrected chi connectivity index (χ4v) is 3.49. The summed E-state index contributed by atoms with van der Waals surface area (Å²) in [7, 11) is 1.90. The van der Waals surface area contributed by atoms with E-state index >= 15 is 0 Å². The summed E-state index contributed by atoms with van der Waals surface area (Å²) in [5.74, 6) is 0.253. The lowest BCUT2D eigenvalue weighted by Gasteiger charge is -2.30. The van der Waals surface area contributed by atoms with Gasteiger partial charge in [-0.2, -0.15) is 0 Å². The predicted molar refractivity (Wildman–Crippen MR) is 73.6 cm³/mol. The molecular weight excluding hydrogens is 238 g/mol. The van der Waals surface area contributed by atoms with Crippen LogP contribution >= 0.6 is 0 Å². The van der Waals surface area contributed by atoms with E-state index in [2.05, 4.69) is 35.0 Å². The number of aromatic amines is 1. The molecule has 98 valence electrons. The molecule has 1 amide bonds. The molecule has 0 saturated carbocycles. The SMILES string of the molecule is CC1N(C)C(=O)[C@H]2Cc3c([nH]c4ccccc34)CN12. The summed E-state index contributed by atoms with van der Waals surface area (Å²) in [6, 6.07) is 8.39. The van der Waals surface area contributed by atoms with E-state index in [1.54, 1.807) is 0 Å². The first-order chi connectivity index (χ1) is 9.16. The predicted octanol–water partition coefficient (Wildman–Crippen LogP) is 1.71. The van der Waals surface area contributed by atoms with Crippen molar-refractivity contribution in [3.63, 3.8) is 0 Å². The van der Waals surface area contributed by atoms with Crippen molar-refractivity contribution >= 4 is 16.8 Å². The van der Waals surface area contributed by atoms with Gasteiger partial charge < -0.3 is 9.88 Å². The molecule has 0 radical (unpaired) electrons. The second kappa shape index (κ2) is 3.61. The number of H-pyrrole nitrogens is 1. The normalized spacial score (nSPS) is 26.8. The number of para-hydroxylation sites is 1. The van der Waals surface area contributed by atoms with Gasteiger partial charge in [-0.1, -0.05) is 18.2 Å². The molecule has 1 aromatic heterocycles. The molecule has 1 fully saturated rings. The van der Waals surface area contributed by atoms with E-state index in [-0.39, 0.29) is 18.1 Å². The van der Waals surface area contributed by atoms with Gasteiger partial charge in [0.25, 0.3) is 0 Å². The fraction of sp³-hybridized carbons (Fsp3) is 0.400. The molecule has 2 aliphatic rings. The third kappa shape index (κ3) is 1.35. The van der Waals surface area contributed by atoms with E-state index in [1.807, 2.05) is 18.0 Å². The number of fused-ring (bicyclic) bond motifs is 4. The van der Waals surface area contributed by atoms with Crippen LogP contribution in [0.5, 0.6) is 0 Å². The molecule has 4 nitrogen and oxygen atoms in total. The summed E-state index contributed by atoms with van der Waals surface area (Å²) in [4.78, 5) is 20.0. The summed E-state index contributed by atoms with van der Waals surface area (Å²) in [6.45, 7) is 2.94. The highest BCUT2D eigenvalue weighted by Gasteiger charge is 2.44. The van der Waals surface area contributed by atoms with E-state index < -0.39 is 0 Å². The van der Waals surface area contributed by atoms with Crippen molar-refractivity contribution in [2.24, 2.45) is 0 Å². The minimum absolute atomic E-state index is 0.0201. The molecule has 4 rings (SSSR count). The molecule has 2 aromatic rings. The number of hydrogen-bond donors (Lipinski definition) is 1. The van der Waals surface area contributed by atoms with Gasteiger partial charge in [-0.25, -0.2) is 0 Å². The van der Waals surface area contributed by atoms with Crippen LogP contribution in [-0.2, 0) is 17.8 Å². The Balaban J connectivity index is 1.84.